The Morgan fingerprint density at radius 3 is 2.58 bits per heavy atom. The standard InChI is InChI=1S/C15H19FN4O3S/c1-20(2)24(21,22)10-5-6-12(16)11(9-10)13-18-14(19-23-13)15(17)7-3-4-8-15/h5-6,9H,3-4,7-8,17H2,1-2H3. The number of aromatic nitrogens is 2. The maximum Gasteiger partial charge on any atom is 0.261 e. The molecule has 0 amide bonds. The summed E-state index contributed by atoms with van der Waals surface area (Å²) in [4.78, 5) is 4.16. The second kappa shape index (κ2) is 5.91. The van der Waals surface area contributed by atoms with E-state index in [4.69, 9.17) is 10.3 Å². The van der Waals surface area contributed by atoms with Gasteiger partial charge in [0.1, 0.15) is 5.82 Å². The van der Waals surface area contributed by atoms with Crippen LogP contribution in [0.15, 0.2) is 27.6 Å². The zero-order valence-electron chi connectivity index (χ0n) is 13.5. The van der Waals surface area contributed by atoms with Gasteiger partial charge in [-0.25, -0.2) is 17.1 Å². The van der Waals surface area contributed by atoms with Crippen molar-refractivity contribution in [3.63, 3.8) is 0 Å². The number of benzene rings is 1. The first-order valence-electron chi connectivity index (χ1n) is 7.59. The fourth-order valence-corrected chi connectivity index (χ4v) is 3.73. The number of nitrogens with two attached hydrogens (primary N) is 1. The molecule has 0 spiro atoms. The molecule has 0 saturated heterocycles. The molecular weight excluding hydrogens is 335 g/mol. The lowest BCUT2D eigenvalue weighted by Gasteiger charge is -2.17. The van der Waals surface area contributed by atoms with E-state index in [1.165, 1.54) is 26.2 Å². The average molecular weight is 354 g/mol. The van der Waals surface area contributed by atoms with E-state index in [2.05, 4.69) is 10.1 Å². The summed E-state index contributed by atoms with van der Waals surface area (Å²) >= 11 is 0. The zero-order chi connectivity index (χ0) is 17.5. The van der Waals surface area contributed by atoms with Crippen LogP contribution in [-0.2, 0) is 15.6 Å². The molecule has 1 saturated carbocycles. The van der Waals surface area contributed by atoms with Crippen LogP contribution in [0.4, 0.5) is 4.39 Å². The summed E-state index contributed by atoms with van der Waals surface area (Å²) in [5, 5.41) is 3.88. The molecule has 24 heavy (non-hydrogen) atoms. The molecule has 1 aromatic heterocycles. The van der Waals surface area contributed by atoms with Crippen LogP contribution < -0.4 is 5.73 Å². The van der Waals surface area contributed by atoms with E-state index in [0.717, 1.165) is 36.1 Å². The Labute approximate surface area is 139 Å². The molecule has 1 aromatic carbocycles. The summed E-state index contributed by atoms with van der Waals surface area (Å²) in [6.07, 6.45) is 3.43. The Bertz CT molecular complexity index is 857. The number of hydrogen-bond acceptors (Lipinski definition) is 6. The van der Waals surface area contributed by atoms with Gasteiger partial charge >= 0.3 is 0 Å². The lowest BCUT2D eigenvalue weighted by atomic mass is 9.99. The Morgan fingerprint density at radius 2 is 1.96 bits per heavy atom. The predicted molar refractivity (Wildman–Crippen MR) is 84.9 cm³/mol. The van der Waals surface area contributed by atoms with Gasteiger partial charge in [0.2, 0.25) is 10.0 Å². The SMILES string of the molecule is CN(C)S(=O)(=O)c1ccc(F)c(-c2nc(C3(N)CCCC3)no2)c1. The van der Waals surface area contributed by atoms with Gasteiger partial charge in [0.15, 0.2) is 5.82 Å². The highest BCUT2D eigenvalue weighted by atomic mass is 32.2. The maximum atomic E-state index is 14.2. The second-order valence-corrected chi connectivity index (χ2v) is 8.37. The lowest BCUT2D eigenvalue weighted by molar-refractivity contribution is 0.372. The number of hydrogen-bond donors (Lipinski definition) is 1. The fourth-order valence-electron chi connectivity index (χ4n) is 2.80. The minimum Gasteiger partial charge on any atom is -0.334 e. The Hall–Kier alpha value is -1.84. The van der Waals surface area contributed by atoms with Crippen LogP contribution in [0.3, 0.4) is 0 Å². The molecule has 0 aliphatic heterocycles. The molecule has 2 aromatic rings. The zero-order valence-corrected chi connectivity index (χ0v) is 14.3. The van der Waals surface area contributed by atoms with Gasteiger partial charge < -0.3 is 10.3 Å². The van der Waals surface area contributed by atoms with E-state index >= 15 is 0 Å². The minimum atomic E-state index is -3.69. The van der Waals surface area contributed by atoms with Crippen molar-refractivity contribution in [3.05, 3.63) is 29.8 Å². The molecule has 130 valence electrons. The second-order valence-electron chi connectivity index (χ2n) is 6.22. The molecule has 0 unspecified atom stereocenters. The Morgan fingerprint density at radius 1 is 1.29 bits per heavy atom. The smallest absolute Gasteiger partial charge is 0.261 e. The molecule has 1 aliphatic rings. The number of halogens is 1. The van der Waals surface area contributed by atoms with Gasteiger partial charge in [-0.15, -0.1) is 0 Å². The third-order valence-electron chi connectivity index (χ3n) is 4.31. The van der Waals surface area contributed by atoms with Crippen molar-refractivity contribution in [1.82, 2.24) is 14.4 Å². The lowest BCUT2D eigenvalue weighted by Crippen LogP contribution is -2.34. The van der Waals surface area contributed by atoms with Crippen molar-refractivity contribution in [1.29, 1.82) is 0 Å². The van der Waals surface area contributed by atoms with Crippen LogP contribution in [0.2, 0.25) is 0 Å². The molecule has 3 rings (SSSR count). The topological polar surface area (TPSA) is 102 Å². The van der Waals surface area contributed by atoms with E-state index in [1.54, 1.807) is 0 Å². The fraction of sp³-hybridized carbons (Fsp3) is 0.467. The summed E-state index contributed by atoms with van der Waals surface area (Å²) in [6, 6.07) is 3.47. The average Bonchev–Trinajstić information content (AvgIpc) is 3.17. The van der Waals surface area contributed by atoms with E-state index in [0.29, 0.717) is 5.82 Å². The molecule has 1 fully saturated rings. The third kappa shape index (κ3) is 2.83. The van der Waals surface area contributed by atoms with Crippen LogP contribution >= 0.6 is 0 Å². The van der Waals surface area contributed by atoms with Crippen LogP contribution in [-0.4, -0.2) is 37.0 Å². The highest BCUT2D eigenvalue weighted by Crippen LogP contribution is 2.36. The van der Waals surface area contributed by atoms with Crippen molar-refractivity contribution < 1.29 is 17.3 Å². The van der Waals surface area contributed by atoms with Gasteiger partial charge in [-0.05, 0) is 31.0 Å². The van der Waals surface area contributed by atoms with Crippen molar-refractivity contribution in [2.24, 2.45) is 5.73 Å². The molecule has 7 nitrogen and oxygen atoms in total. The molecule has 9 heteroatoms. The molecule has 2 N–H and O–H groups in total. The number of nitrogens with zero attached hydrogens (tertiary/aromatic N) is 3. The first kappa shape index (κ1) is 17.0. The number of sulfonamides is 1. The summed E-state index contributed by atoms with van der Waals surface area (Å²) in [5.41, 5.74) is 5.55. The molecular formula is C15H19FN4O3S. The highest BCUT2D eigenvalue weighted by molar-refractivity contribution is 7.89. The van der Waals surface area contributed by atoms with Gasteiger partial charge in [-0.1, -0.05) is 18.0 Å². The molecule has 1 aliphatic carbocycles. The molecule has 1 heterocycles. The predicted octanol–water partition coefficient (Wildman–Crippen LogP) is 1.85. The van der Waals surface area contributed by atoms with Gasteiger partial charge in [0.25, 0.3) is 5.89 Å². The van der Waals surface area contributed by atoms with Gasteiger partial charge in [0.05, 0.1) is 16.0 Å². The van der Waals surface area contributed by atoms with E-state index in [1.807, 2.05) is 0 Å². The van der Waals surface area contributed by atoms with Crippen molar-refractivity contribution in [2.45, 2.75) is 36.1 Å². The maximum absolute atomic E-state index is 14.2. The Kier molecular flexibility index (Phi) is 4.18. The van der Waals surface area contributed by atoms with Crippen LogP contribution in [0, 0.1) is 5.82 Å². The summed E-state index contributed by atoms with van der Waals surface area (Å²) in [6.45, 7) is 0. The quantitative estimate of drug-likeness (QED) is 0.899. The van der Waals surface area contributed by atoms with Gasteiger partial charge in [-0.3, -0.25) is 0 Å². The van der Waals surface area contributed by atoms with Crippen molar-refractivity contribution in [3.8, 4) is 11.5 Å². The third-order valence-corrected chi connectivity index (χ3v) is 6.13. The Balaban J connectivity index is 2.03. The van der Waals surface area contributed by atoms with Gasteiger partial charge in [-0.2, -0.15) is 4.98 Å². The minimum absolute atomic E-state index is 0.0491. The van der Waals surface area contributed by atoms with E-state index in [9.17, 15) is 12.8 Å². The first-order valence-corrected chi connectivity index (χ1v) is 9.03. The van der Waals surface area contributed by atoms with E-state index < -0.39 is 21.4 Å². The first-order chi connectivity index (χ1) is 11.2. The highest BCUT2D eigenvalue weighted by Gasteiger charge is 2.36. The summed E-state index contributed by atoms with van der Waals surface area (Å²) in [7, 11) is -0.885. The van der Waals surface area contributed by atoms with Crippen LogP contribution in [0.5, 0.6) is 0 Å². The van der Waals surface area contributed by atoms with Crippen LogP contribution in [0.25, 0.3) is 11.5 Å². The largest absolute Gasteiger partial charge is 0.334 e. The normalized spacial score (nSPS) is 17.5. The molecule has 0 atom stereocenters. The van der Waals surface area contributed by atoms with Crippen LogP contribution in [0.1, 0.15) is 31.5 Å². The number of rotatable bonds is 4. The molecule has 0 radical (unpaired) electrons. The molecule has 0 bridgehead atoms. The summed E-state index contributed by atoms with van der Waals surface area (Å²) < 4.78 is 44.8. The van der Waals surface area contributed by atoms with Crippen molar-refractivity contribution >= 4 is 10.0 Å². The van der Waals surface area contributed by atoms with E-state index in [-0.39, 0.29) is 16.3 Å². The van der Waals surface area contributed by atoms with Crippen molar-refractivity contribution in [2.75, 3.05) is 14.1 Å². The monoisotopic (exact) mass is 354 g/mol. The summed E-state index contributed by atoms with van der Waals surface area (Å²) in [5.74, 6) is -0.384. The van der Waals surface area contributed by atoms with Gasteiger partial charge in [0, 0.05) is 14.1 Å².